The zero-order valence-electron chi connectivity index (χ0n) is 11.7. The minimum absolute atomic E-state index is 0.104. The van der Waals surface area contributed by atoms with Crippen LogP contribution < -0.4 is 0 Å². The van der Waals surface area contributed by atoms with Crippen molar-refractivity contribution in [2.24, 2.45) is 0 Å². The average Bonchev–Trinajstić information content (AvgIpc) is 2.49. The minimum Gasteiger partial charge on any atom is -0.387 e. The summed E-state index contributed by atoms with van der Waals surface area (Å²) in [7, 11) is 3.41. The topological polar surface area (TPSA) is 40.5 Å². The van der Waals surface area contributed by atoms with Gasteiger partial charge in [-0.05, 0) is 11.1 Å². The van der Waals surface area contributed by atoms with Crippen LogP contribution in [0.4, 0.5) is 0 Å². The van der Waals surface area contributed by atoms with Gasteiger partial charge in [-0.15, -0.1) is 0 Å². The lowest BCUT2D eigenvalue weighted by molar-refractivity contribution is -0.133. The smallest absolute Gasteiger partial charge is 0.232 e. The number of amides is 1. The fourth-order valence-corrected chi connectivity index (χ4v) is 2.24. The summed E-state index contributed by atoms with van der Waals surface area (Å²) in [4.78, 5) is 13.9. The van der Waals surface area contributed by atoms with Crippen molar-refractivity contribution in [3.8, 4) is 0 Å². The van der Waals surface area contributed by atoms with Crippen LogP contribution >= 0.6 is 0 Å². The molecule has 1 amide bonds. The van der Waals surface area contributed by atoms with Crippen molar-refractivity contribution < 1.29 is 9.90 Å². The van der Waals surface area contributed by atoms with Gasteiger partial charge in [0, 0.05) is 14.1 Å². The monoisotopic (exact) mass is 269 g/mol. The van der Waals surface area contributed by atoms with Crippen molar-refractivity contribution in [2.45, 2.75) is 12.0 Å². The van der Waals surface area contributed by atoms with Crippen molar-refractivity contribution in [3.63, 3.8) is 0 Å². The molecular formula is C17H19NO2. The summed E-state index contributed by atoms with van der Waals surface area (Å²) in [6.45, 7) is 0. The van der Waals surface area contributed by atoms with E-state index in [1.807, 2.05) is 60.7 Å². The van der Waals surface area contributed by atoms with Gasteiger partial charge in [0.2, 0.25) is 5.91 Å². The molecule has 0 aliphatic rings. The summed E-state index contributed by atoms with van der Waals surface area (Å²) in [6.07, 6.45) is -0.853. The predicted molar refractivity (Wildman–Crippen MR) is 79.3 cm³/mol. The molecule has 1 N–H and O–H groups in total. The average molecular weight is 269 g/mol. The molecule has 20 heavy (non-hydrogen) atoms. The number of carbonyl (C=O) groups is 1. The van der Waals surface area contributed by atoms with Gasteiger partial charge in [-0.3, -0.25) is 4.79 Å². The summed E-state index contributed by atoms with van der Waals surface area (Å²) in [6, 6.07) is 18.7. The van der Waals surface area contributed by atoms with Crippen molar-refractivity contribution in [3.05, 3.63) is 71.8 Å². The second-order valence-electron chi connectivity index (χ2n) is 4.98. The van der Waals surface area contributed by atoms with E-state index in [9.17, 15) is 9.90 Å². The molecule has 3 nitrogen and oxygen atoms in total. The van der Waals surface area contributed by atoms with Gasteiger partial charge in [-0.1, -0.05) is 60.7 Å². The second kappa shape index (κ2) is 6.35. The number of aliphatic hydroxyl groups excluding tert-OH is 1. The zero-order valence-corrected chi connectivity index (χ0v) is 11.7. The van der Waals surface area contributed by atoms with Gasteiger partial charge in [-0.25, -0.2) is 0 Å². The largest absolute Gasteiger partial charge is 0.387 e. The lowest BCUT2D eigenvalue weighted by atomic mass is 9.88. The van der Waals surface area contributed by atoms with E-state index in [1.54, 1.807) is 14.1 Å². The van der Waals surface area contributed by atoms with Gasteiger partial charge in [0.15, 0.2) is 0 Å². The number of nitrogens with zero attached hydrogens (tertiary/aromatic N) is 1. The first kappa shape index (κ1) is 14.3. The summed E-state index contributed by atoms with van der Waals surface area (Å²) >= 11 is 0. The molecule has 104 valence electrons. The number of hydrogen-bond acceptors (Lipinski definition) is 2. The fraction of sp³-hybridized carbons (Fsp3) is 0.235. The third-order valence-electron chi connectivity index (χ3n) is 3.32. The van der Waals surface area contributed by atoms with Crippen LogP contribution in [0.5, 0.6) is 0 Å². The third-order valence-corrected chi connectivity index (χ3v) is 3.32. The first-order valence-electron chi connectivity index (χ1n) is 6.60. The Hall–Kier alpha value is -2.13. The highest BCUT2D eigenvalue weighted by Gasteiger charge is 2.30. The van der Waals surface area contributed by atoms with Gasteiger partial charge >= 0.3 is 0 Å². The quantitative estimate of drug-likeness (QED) is 0.926. The number of aliphatic hydroxyl groups is 1. The summed E-state index contributed by atoms with van der Waals surface area (Å²) < 4.78 is 0. The lowest BCUT2D eigenvalue weighted by Gasteiger charge is -2.25. The molecule has 2 aromatic carbocycles. The maximum Gasteiger partial charge on any atom is 0.232 e. The number of hydrogen-bond donors (Lipinski definition) is 1. The Morgan fingerprint density at radius 2 is 1.35 bits per heavy atom. The van der Waals surface area contributed by atoms with Crippen LogP contribution in [-0.4, -0.2) is 30.0 Å². The lowest BCUT2D eigenvalue weighted by Crippen LogP contribution is -2.31. The number of rotatable bonds is 4. The highest BCUT2D eigenvalue weighted by Crippen LogP contribution is 2.32. The molecule has 0 fully saturated rings. The Balaban J connectivity index is 2.40. The summed E-state index contributed by atoms with van der Waals surface area (Å²) in [5.74, 6) is -0.693. The van der Waals surface area contributed by atoms with E-state index in [0.29, 0.717) is 0 Å². The first-order valence-corrected chi connectivity index (χ1v) is 6.60. The molecule has 0 saturated carbocycles. The van der Waals surface area contributed by atoms with Crippen LogP contribution in [0, 0.1) is 0 Å². The molecule has 2 atom stereocenters. The molecule has 0 spiro atoms. The van der Waals surface area contributed by atoms with E-state index in [2.05, 4.69) is 0 Å². The fourth-order valence-electron chi connectivity index (χ4n) is 2.24. The maximum absolute atomic E-state index is 12.4. The van der Waals surface area contributed by atoms with E-state index >= 15 is 0 Å². The van der Waals surface area contributed by atoms with Crippen LogP contribution in [0.25, 0.3) is 0 Å². The molecule has 3 heteroatoms. The van der Waals surface area contributed by atoms with Crippen LogP contribution in [0.15, 0.2) is 60.7 Å². The van der Waals surface area contributed by atoms with Gasteiger partial charge in [0.1, 0.15) is 0 Å². The predicted octanol–water partition coefficient (Wildman–Crippen LogP) is 2.59. The van der Waals surface area contributed by atoms with E-state index in [0.717, 1.165) is 11.1 Å². The maximum atomic E-state index is 12.4. The number of likely N-dealkylation sites (N-methyl/N-ethyl adjacent to an activating group) is 1. The minimum atomic E-state index is -0.853. The van der Waals surface area contributed by atoms with Crippen molar-refractivity contribution in [1.29, 1.82) is 0 Å². The van der Waals surface area contributed by atoms with Crippen LogP contribution in [0.3, 0.4) is 0 Å². The highest BCUT2D eigenvalue weighted by atomic mass is 16.3. The normalized spacial score (nSPS) is 13.6. The zero-order chi connectivity index (χ0) is 14.5. The molecule has 2 rings (SSSR count). The Morgan fingerprint density at radius 1 is 0.900 bits per heavy atom. The van der Waals surface area contributed by atoms with Crippen LogP contribution in [0.2, 0.25) is 0 Å². The van der Waals surface area contributed by atoms with E-state index in [-0.39, 0.29) is 5.91 Å². The Morgan fingerprint density at radius 3 is 1.80 bits per heavy atom. The van der Waals surface area contributed by atoms with E-state index in [1.165, 1.54) is 4.90 Å². The van der Waals surface area contributed by atoms with Crippen molar-refractivity contribution in [1.82, 2.24) is 4.90 Å². The molecule has 0 saturated heterocycles. The second-order valence-corrected chi connectivity index (χ2v) is 4.98. The van der Waals surface area contributed by atoms with Crippen molar-refractivity contribution in [2.75, 3.05) is 14.1 Å². The molecule has 0 aromatic heterocycles. The SMILES string of the molecule is CN(C)C(=O)[C@@H](c1ccccc1)[C@H](O)c1ccccc1. The van der Waals surface area contributed by atoms with Gasteiger partial charge in [-0.2, -0.15) is 0 Å². The van der Waals surface area contributed by atoms with E-state index < -0.39 is 12.0 Å². The first-order chi connectivity index (χ1) is 9.61. The van der Waals surface area contributed by atoms with Gasteiger partial charge < -0.3 is 10.0 Å². The Kier molecular flexibility index (Phi) is 4.53. The summed E-state index contributed by atoms with van der Waals surface area (Å²) in [5.41, 5.74) is 1.57. The standard InChI is InChI=1S/C17H19NO2/c1-18(2)17(20)15(13-9-5-3-6-10-13)16(19)14-11-7-4-8-12-14/h3-12,15-16,19H,1-2H3/t15-,16+/m0/s1. The van der Waals surface area contributed by atoms with Gasteiger partial charge in [0.05, 0.1) is 12.0 Å². The molecule has 0 heterocycles. The Bertz CT molecular complexity index is 552. The van der Waals surface area contributed by atoms with Crippen molar-refractivity contribution >= 4 is 5.91 Å². The molecule has 0 aliphatic heterocycles. The molecule has 0 radical (unpaired) electrons. The highest BCUT2D eigenvalue weighted by molar-refractivity contribution is 5.84. The van der Waals surface area contributed by atoms with Crippen LogP contribution in [0.1, 0.15) is 23.1 Å². The molecule has 2 aromatic rings. The van der Waals surface area contributed by atoms with Crippen LogP contribution in [-0.2, 0) is 4.79 Å². The molecule has 0 unspecified atom stereocenters. The number of benzene rings is 2. The molecule has 0 bridgehead atoms. The number of carbonyl (C=O) groups excluding carboxylic acids is 1. The van der Waals surface area contributed by atoms with E-state index in [4.69, 9.17) is 0 Å². The third kappa shape index (κ3) is 3.06. The molecule has 0 aliphatic carbocycles. The Labute approximate surface area is 119 Å². The summed E-state index contributed by atoms with van der Waals surface area (Å²) in [5, 5.41) is 10.6. The molecular weight excluding hydrogens is 250 g/mol. The van der Waals surface area contributed by atoms with Gasteiger partial charge in [0.25, 0.3) is 0 Å².